The molecule has 2 saturated heterocycles. The molecule has 0 atom stereocenters. The molecule has 0 aromatic carbocycles. The molecule has 7 rings (SSSR count). The summed E-state index contributed by atoms with van der Waals surface area (Å²) in [6.07, 6.45) is 7.00. The average molecular weight is 1120 g/mol. The number of anilines is 7. The van der Waals surface area contributed by atoms with Gasteiger partial charge in [-0.25, -0.2) is 9.97 Å². The number of amides is 1. The molecule has 5 N–H and O–H groups in total. The third-order valence-electron chi connectivity index (χ3n) is 10.3. The van der Waals surface area contributed by atoms with Crippen LogP contribution in [0.5, 0.6) is 12.0 Å². The largest absolute Gasteiger partial charge is 0.465 e. The first kappa shape index (κ1) is 56.1. The van der Waals surface area contributed by atoms with Gasteiger partial charge >= 0.3 is 23.7 Å². The van der Waals surface area contributed by atoms with E-state index >= 15 is 0 Å². The Morgan fingerprint density at radius 1 is 0.853 bits per heavy atom. The van der Waals surface area contributed by atoms with Crippen molar-refractivity contribution in [3.8, 4) is 12.0 Å². The summed E-state index contributed by atoms with van der Waals surface area (Å²) in [5, 5.41) is 14.7. The number of morpholine rings is 2. The van der Waals surface area contributed by atoms with Gasteiger partial charge in [-0.15, -0.1) is 0 Å². The molecule has 0 spiro atoms. The van der Waals surface area contributed by atoms with Crippen LogP contribution in [0.25, 0.3) is 0 Å². The van der Waals surface area contributed by atoms with Gasteiger partial charge < -0.3 is 67.5 Å². The first-order valence-electron chi connectivity index (χ1n) is 21.8. The van der Waals surface area contributed by atoms with Crippen molar-refractivity contribution in [2.45, 2.75) is 67.0 Å². The number of rotatable bonds is 19. The van der Waals surface area contributed by atoms with Gasteiger partial charge in [-0.05, 0) is 55.2 Å². The zero-order chi connectivity index (χ0) is 46.1. The van der Waals surface area contributed by atoms with E-state index in [-0.39, 0.29) is 97.5 Å². The Morgan fingerprint density at radius 2 is 1.40 bits per heavy atom. The van der Waals surface area contributed by atoms with E-state index in [1.54, 1.807) is 25.4 Å². The molecule has 2 fully saturated rings. The van der Waals surface area contributed by atoms with Crippen LogP contribution in [0.3, 0.4) is 0 Å². The predicted octanol–water partition coefficient (Wildman–Crippen LogP) is 4.46. The predicted molar refractivity (Wildman–Crippen MR) is 255 cm³/mol. The number of hydrogen-bond acceptors (Lipinski definition) is 21. The molecule has 372 valence electrons. The fourth-order valence-electron chi connectivity index (χ4n) is 6.99. The van der Waals surface area contributed by atoms with Crippen LogP contribution < -0.4 is 45.9 Å². The molecule has 0 radical (unpaired) electrons. The maximum absolute atomic E-state index is 12.4. The van der Waals surface area contributed by atoms with Crippen molar-refractivity contribution in [2.24, 2.45) is 0 Å². The third-order valence-corrected chi connectivity index (χ3v) is 10.3. The van der Waals surface area contributed by atoms with E-state index in [4.69, 9.17) is 35.2 Å². The van der Waals surface area contributed by atoms with Gasteiger partial charge in [-0.2, -0.15) is 19.9 Å². The number of nitrogens with zero attached hydrogens (tertiary/aromatic N) is 11. The van der Waals surface area contributed by atoms with Crippen molar-refractivity contribution >= 4 is 58.2 Å². The molecule has 0 unspecified atom stereocenters. The molecule has 3 aliphatic rings. The topological polar surface area (TPSA) is 278 Å². The molecule has 23 nitrogen and oxygen atoms in total. The number of nitrogen functional groups attached to an aromatic ring is 2. The van der Waals surface area contributed by atoms with Crippen molar-refractivity contribution in [3.05, 3.63) is 65.3 Å². The van der Waals surface area contributed by atoms with Gasteiger partial charge in [0.05, 0.1) is 57.7 Å². The second-order valence-corrected chi connectivity index (χ2v) is 15.1. The molecule has 68 heavy (non-hydrogen) atoms. The van der Waals surface area contributed by atoms with Crippen molar-refractivity contribution in [3.63, 3.8) is 0 Å². The van der Waals surface area contributed by atoms with E-state index in [1.807, 2.05) is 30.0 Å². The number of unbranched alkanes of at least 4 members (excludes halogenated alkanes) is 2. The van der Waals surface area contributed by atoms with E-state index in [2.05, 4.69) is 51.9 Å². The minimum absolute atomic E-state index is 0. The number of esters is 1. The number of pyridine rings is 2. The normalized spacial score (nSPS) is 14.0. The van der Waals surface area contributed by atoms with Gasteiger partial charge in [-0.1, -0.05) is 34.1 Å². The molecular formula is C44H65N14O9W-. The van der Waals surface area contributed by atoms with Gasteiger partial charge in [0, 0.05) is 72.7 Å². The van der Waals surface area contributed by atoms with Gasteiger partial charge in [0.2, 0.25) is 17.5 Å². The van der Waals surface area contributed by atoms with Crippen LogP contribution in [-0.2, 0) is 58.0 Å². The molecule has 7 heterocycles. The number of carbonyl (C=O) groups excluding carboxylic acids is 2. The molecule has 4 aromatic heterocycles. The summed E-state index contributed by atoms with van der Waals surface area (Å²) in [5.74, 6) is 1.25. The van der Waals surface area contributed by atoms with Gasteiger partial charge in [-0.3, -0.25) is 19.7 Å². The smallest absolute Gasteiger partial charge is 0.353 e. The monoisotopic (exact) mass is 1120 g/mol. The van der Waals surface area contributed by atoms with Crippen LogP contribution in [0.15, 0.2) is 36.7 Å². The summed E-state index contributed by atoms with van der Waals surface area (Å²) < 4.78 is 27.1. The molecule has 0 aliphatic carbocycles. The minimum atomic E-state index is -0.662. The number of carbonyl (C=O) groups is 2. The van der Waals surface area contributed by atoms with Crippen molar-refractivity contribution < 1.29 is 59.3 Å². The first-order chi connectivity index (χ1) is 31.6. The van der Waals surface area contributed by atoms with Gasteiger partial charge in [0.1, 0.15) is 23.9 Å². The maximum Gasteiger partial charge on any atom is 0.353 e. The number of ether oxygens (including phenoxy) is 5. The Kier molecular flexibility index (Phi) is 23.3. The van der Waals surface area contributed by atoms with E-state index < -0.39 is 16.6 Å². The Morgan fingerprint density at radius 3 is 1.96 bits per heavy atom. The summed E-state index contributed by atoms with van der Waals surface area (Å²) in [5.41, 5.74) is 13.7. The number of aromatic nitrogens is 6. The first-order valence-corrected chi connectivity index (χ1v) is 21.8. The van der Waals surface area contributed by atoms with E-state index in [9.17, 15) is 19.7 Å². The van der Waals surface area contributed by atoms with Crippen LogP contribution in [0.1, 0.15) is 65.0 Å². The summed E-state index contributed by atoms with van der Waals surface area (Å²) in [7, 11) is 0. The van der Waals surface area contributed by atoms with Crippen LogP contribution in [-0.4, -0.2) is 132 Å². The standard InChI is InChI=1S/C22H31N7O6.C20H27N7O3.CH4.CH3.W/c1-3-5-10-35-22-25-20(23)19(29(31)32)21(26-22)28(15-18(30)34-4-2)14-16-6-7-24-17(13-16)27-8-11-33-12-9-27;1-2-3-8-30-20-24-18(21)17-19(25-20)27(13-16(28)23-17)12-14-4-5-22-15(11-14)26-6-9-29-10-7-26;;;/h6-7,13H,3-5,8-12,14-15H2,1-2H3,(H2,23,25,26);4-5,11H,2-3,6-10,12-13H2,1H3,(H,23,28)(H2,21,24,25);1H4;1H3;/q;;;-1;. The average Bonchev–Trinajstić information content (AvgIpc) is 3.30. The van der Waals surface area contributed by atoms with Gasteiger partial charge in [0.25, 0.3) is 0 Å². The third kappa shape index (κ3) is 15.7. The second kappa shape index (κ2) is 28.2. The minimum Gasteiger partial charge on any atom is -0.465 e. The zero-order valence-corrected chi connectivity index (χ0v) is 41.5. The second-order valence-electron chi connectivity index (χ2n) is 15.1. The summed E-state index contributed by atoms with van der Waals surface area (Å²) >= 11 is 0. The van der Waals surface area contributed by atoms with Crippen molar-refractivity contribution in [2.75, 3.05) is 122 Å². The molecule has 3 aliphatic heterocycles. The Balaban J connectivity index is 0.000000348. The number of hydrogen-bond donors (Lipinski definition) is 3. The van der Waals surface area contributed by atoms with Crippen molar-refractivity contribution in [1.29, 1.82) is 0 Å². The van der Waals surface area contributed by atoms with Crippen LogP contribution in [0, 0.1) is 17.5 Å². The van der Waals surface area contributed by atoms with E-state index in [0.717, 1.165) is 61.5 Å². The zero-order valence-electron chi connectivity index (χ0n) is 38.6. The number of nitrogens with one attached hydrogen (secondary N) is 1. The number of nitro groups is 1. The Bertz CT molecular complexity index is 2230. The summed E-state index contributed by atoms with van der Waals surface area (Å²) in [6, 6.07) is 7.77. The SMILES string of the molecule is C.CCCCOc1nc(N)c([N+](=O)[O-])c(N(CC(=O)OCC)Cc2ccnc(N3CCOCC3)c2)n1.CCCCOc1nc(N)c2c(n1)N(Cc1ccnc(N3CCOCC3)c1)CC(=O)N2.[CH3-].[W]. The molecule has 4 aromatic rings. The summed E-state index contributed by atoms with van der Waals surface area (Å²) in [6.45, 7) is 12.9. The number of fused-ring (bicyclic) bond motifs is 1. The van der Waals surface area contributed by atoms with Crippen LogP contribution in [0.2, 0.25) is 0 Å². The Hall–Kier alpha value is -6.19. The van der Waals surface area contributed by atoms with E-state index in [1.165, 1.54) is 4.90 Å². The molecule has 1 amide bonds. The summed E-state index contributed by atoms with van der Waals surface area (Å²) in [4.78, 5) is 69.4. The quantitative estimate of drug-likeness (QED) is 0.0384. The number of nitrogens with two attached hydrogens (primary N) is 2. The fraction of sp³-hybridized carbons (Fsp3) is 0.523. The molecular weight excluding hydrogens is 1050 g/mol. The molecule has 24 heteroatoms. The van der Waals surface area contributed by atoms with Crippen molar-refractivity contribution in [1.82, 2.24) is 29.9 Å². The fourth-order valence-corrected chi connectivity index (χ4v) is 6.99. The van der Waals surface area contributed by atoms with Gasteiger partial charge in [0.15, 0.2) is 11.6 Å². The van der Waals surface area contributed by atoms with Crippen LogP contribution in [0.4, 0.5) is 46.3 Å². The maximum atomic E-state index is 12.4. The molecule has 0 bridgehead atoms. The molecule has 0 saturated carbocycles. The van der Waals surface area contributed by atoms with E-state index in [0.29, 0.717) is 70.8 Å². The Labute approximate surface area is 412 Å². The van der Waals surface area contributed by atoms with Crippen LogP contribution >= 0.6 is 0 Å².